The summed E-state index contributed by atoms with van der Waals surface area (Å²) in [6.45, 7) is 4.09. The fourth-order valence-electron chi connectivity index (χ4n) is 6.10. The molecular formula is C25H33N11O2S. The van der Waals surface area contributed by atoms with Crippen LogP contribution in [0.25, 0.3) is 0 Å². The van der Waals surface area contributed by atoms with Gasteiger partial charge in [0.15, 0.2) is 10.9 Å². The summed E-state index contributed by atoms with van der Waals surface area (Å²) in [5.41, 5.74) is 1.11. The lowest BCUT2D eigenvalue weighted by Gasteiger charge is -2.39. The fraction of sp³-hybridized carbons (Fsp3) is 0.600. The minimum atomic E-state index is -0.678. The fourth-order valence-corrected chi connectivity index (χ4v) is 6.76. The molecule has 14 heteroatoms. The van der Waals surface area contributed by atoms with Crippen LogP contribution in [-0.2, 0) is 4.79 Å². The number of hydrogen-bond donors (Lipinski definition) is 4. The number of anilines is 5. The Hall–Kier alpha value is -3.36. The van der Waals surface area contributed by atoms with Gasteiger partial charge in [-0.25, -0.2) is 4.98 Å². The van der Waals surface area contributed by atoms with Crippen molar-refractivity contribution in [3.63, 3.8) is 0 Å². The van der Waals surface area contributed by atoms with E-state index in [1.54, 1.807) is 11.1 Å². The van der Waals surface area contributed by atoms with Crippen molar-refractivity contribution < 1.29 is 9.90 Å². The highest BCUT2D eigenvalue weighted by atomic mass is 32.1. The Morgan fingerprint density at radius 1 is 1.10 bits per heavy atom. The summed E-state index contributed by atoms with van der Waals surface area (Å²) >= 11 is 1.42. The van der Waals surface area contributed by atoms with Crippen LogP contribution in [0.5, 0.6) is 0 Å². The monoisotopic (exact) mass is 551 g/mol. The van der Waals surface area contributed by atoms with Crippen molar-refractivity contribution in [3.05, 3.63) is 22.8 Å². The van der Waals surface area contributed by atoms with Crippen LogP contribution in [-0.4, -0.2) is 97.0 Å². The van der Waals surface area contributed by atoms with Gasteiger partial charge in [-0.05, 0) is 39.7 Å². The van der Waals surface area contributed by atoms with Gasteiger partial charge in [-0.3, -0.25) is 9.89 Å². The number of aliphatic hydroxyl groups is 1. The van der Waals surface area contributed by atoms with Gasteiger partial charge in [-0.15, -0.1) is 11.3 Å². The van der Waals surface area contributed by atoms with E-state index in [0.717, 1.165) is 36.5 Å². The third-order valence-corrected chi connectivity index (χ3v) is 8.88. The summed E-state index contributed by atoms with van der Waals surface area (Å²) in [4.78, 5) is 39.5. The molecule has 3 aromatic heterocycles. The molecule has 3 saturated heterocycles. The molecule has 1 saturated carbocycles. The van der Waals surface area contributed by atoms with Crippen LogP contribution >= 0.6 is 11.3 Å². The maximum Gasteiger partial charge on any atom is 0.249 e. The van der Waals surface area contributed by atoms with E-state index < -0.39 is 12.1 Å². The molecule has 0 unspecified atom stereocenters. The number of amides is 1. The topological polar surface area (TPSA) is 151 Å². The largest absolute Gasteiger partial charge is 0.391 e. The number of carbonyl (C=O) groups is 1. The van der Waals surface area contributed by atoms with Gasteiger partial charge >= 0.3 is 0 Å². The number of H-pyrrole nitrogens is 1. The number of aliphatic hydroxyl groups excluding tert-OH is 1. The molecule has 4 N–H and O–H groups in total. The first kappa shape index (κ1) is 24.7. The number of likely N-dealkylation sites (N-methyl/N-ethyl adjacent to an activating group) is 1. The number of rotatable bonds is 7. The van der Waals surface area contributed by atoms with E-state index in [0.29, 0.717) is 46.8 Å². The second-order valence-electron chi connectivity index (χ2n) is 11.2. The Morgan fingerprint density at radius 3 is 2.59 bits per heavy atom. The molecule has 13 nitrogen and oxygen atoms in total. The van der Waals surface area contributed by atoms with Gasteiger partial charge in [0.05, 0.1) is 6.10 Å². The maximum atomic E-state index is 13.3. The Kier molecular flexibility index (Phi) is 6.12. The number of nitrogens with one attached hydrogen (secondary N) is 3. The summed E-state index contributed by atoms with van der Waals surface area (Å²) in [6, 6.07) is 2.01. The second-order valence-corrected chi connectivity index (χ2v) is 12.4. The molecule has 7 rings (SSSR count). The van der Waals surface area contributed by atoms with Gasteiger partial charge in [0.1, 0.15) is 6.04 Å². The Balaban J connectivity index is 1.22. The number of β-amino-alcohol motifs (C(OH)–C–C–N with tert-alkyl or cyclic N) is 1. The van der Waals surface area contributed by atoms with E-state index in [2.05, 4.69) is 42.7 Å². The number of aromatic amines is 1. The molecule has 39 heavy (non-hydrogen) atoms. The summed E-state index contributed by atoms with van der Waals surface area (Å²) in [7, 11) is 2.16. The lowest BCUT2D eigenvalue weighted by Crippen LogP contribution is -2.53. The third-order valence-electron chi connectivity index (χ3n) is 8.05. The van der Waals surface area contributed by atoms with Gasteiger partial charge in [0.2, 0.25) is 23.8 Å². The molecule has 0 spiro atoms. The third kappa shape index (κ3) is 4.92. The van der Waals surface area contributed by atoms with Crippen LogP contribution in [0.4, 0.5) is 28.8 Å². The Morgan fingerprint density at radius 2 is 1.87 bits per heavy atom. The van der Waals surface area contributed by atoms with E-state index in [1.807, 2.05) is 13.0 Å². The highest BCUT2D eigenvalue weighted by molar-refractivity contribution is 7.15. The van der Waals surface area contributed by atoms with Crippen molar-refractivity contribution in [3.8, 4) is 0 Å². The van der Waals surface area contributed by atoms with Crippen LogP contribution in [0, 0.1) is 6.92 Å². The zero-order valence-electron chi connectivity index (χ0n) is 22.0. The van der Waals surface area contributed by atoms with Gasteiger partial charge in [-0.2, -0.15) is 20.1 Å². The molecule has 1 amide bonds. The molecule has 206 valence electrons. The smallest absolute Gasteiger partial charge is 0.249 e. The first-order valence-corrected chi connectivity index (χ1v) is 14.4. The number of carbonyl (C=O) groups excluding carboxylic acids is 1. The SMILES string of the molecule is Cc1cnc(NC(=O)[C@@H]2C[C@H](O)CN2c2nc(Nc3cc(C4CC4)[nH]n3)nc(N3[C@@H]4CC[C@H]3CN(C)C4)n2)s1. The van der Waals surface area contributed by atoms with E-state index in [-0.39, 0.29) is 18.9 Å². The number of hydrogen-bond acceptors (Lipinski definition) is 12. The van der Waals surface area contributed by atoms with Gasteiger partial charge in [0.25, 0.3) is 0 Å². The van der Waals surface area contributed by atoms with E-state index in [9.17, 15) is 9.90 Å². The molecule has 4 aliphatic rings. The molecule has 4 fully saturated rings. The zero-order chi connectivity index (χ0) is 26.7. The number of piperazine rings is 1. The van der Waals surface area contributed by atoms with Gasteiger partial charge < -0.3 is 30.4 Å². The number of nitrogens with zero attached hydrogens (tertiary/aromatic N) is 8. The second kappa shape index (κ2) is 9.68. The minimum Gasteiger partial charge on any atom is -0.391 e. The molecule has 0 radical (unpaired) electrons. The summed E-state index contributed by atoms with van der Waals surface area (Å²) in [5.74, 6) is 2.29. The van der Waals surface area contributed by atoms with E-state index in [1.165, 1.54) is 24.2 Å². The highest BCUT2D eigenvalue weighted by Gasteiger charge is 2.42. The lowest BCUT2D eigenvalue weighted by molar-refractivity contribution is -0.117. The van der Waals surface area contributed by atoms with Crippen molar-refractivity contribution >= 4 is 46.0 Å². The molecule has 6 heterocycles. The maximum absolute atomic E-state index is 13.3. The quantitative estimate of drug-likeness (QED) is 0.340. The Bertz CT molecular complexity index is 1360. The first-order chi connectivity index (χ1) is 18.9. The number of fused-ring (bicyclic) bond motifs is 2. The van der Waals surface area contributed by atoms with E-state index in [4.69, 9.17) is 15.0 Å². The summed E-state index contributed by atoms with van der Waals surface area (Å²) in [5, 5.41) is 24.8. The molecule has 4 atom stereocenters. The van der Waals surface area contributed by atoms with Crippen molar-refractivity contribution in [2.75, 3.05) is 47.1 Å². The van der Waals surface area contributed by atoms with E-state index >= 15 is 0 Å². The van der Waals surface area contributed by atoms with Crippen LogP contribution in [0.2, 0.25) is 0 Å². The van der Waals surface area contributed by atoms with Gasteiger partial charge in [-0.1, -0.05) is 0 Å². The number of aryl methyl sites for hydroxylation is 1. The minimum absolute atomic E-state index is 0.238. The van der Waals surface area contributed by atoms with Crippen molar-refractivity contribution in [1.82, 2.24) is 35.0 Å². The molecule has 0 aromatic carbocycles. The molecule has 3 aliphatic heterocycles. The highest BCUT2D eigenvalue weighted by Crippen LogP contribution is 2.40. The molecule has 2 bridgehead atoms. The number of likely N-dealkylation sites (tertiary alicyclic amines) is 1. The number of thiazole rings is 1. The average molecular weight is 552 g/mol. The van der Waals surface area contributed by atoms with Crippen molar-refractivity contribution in [2.45, 2.75) is 69.2 Å². The van der Waals surface area contributed by atoms with Crippen LogP contribution in [0.15, 0.2) is 12.3 Å². The normalized spacial score (nSPS) is 26.8. The average Bonchev–Trinajstić information content (AvgIpc) is 3.16. The molecule has 1 aliphatic carbocycles. The van der Waals surface area contributed by atoms with Crippen molar-refractivity contribution in [2.24, 2.45) is 0 Å². The summed E-state index contributed by atoms with van der Waals surface area (Å²) in [6.07, 6.45) is 5.86. The van der Waals surface area contributed by atoms with Gasteiger partial charge in [0, 0.05) is 66.9 Å². The summed E-state index contributed by atoms with van der Waals surface area (Å²) < 4.78 is 0. The van der Waals surface area contributed by atoms with Crippen LogP contribution < -0.4 is 20.4 Å². The first-order valence-electron chi connectivity index (χ1n) is 13.6. The predicted octanol–water partition coefficient (Wildman–Crippen LogP) is 1.84. The van der Waals surface area contributed by atoms with Crippen molar-refractivity contribution in [1.29, 1.82) is 0 Å². The lowest BCUT2D eigenvalue weighted by atomic mass is 10.2. The molecular weight excluding hydrogens is 518 g/mol. The zero-order valence-corrected chi connectivity index (χ0v) is 22.9. The molecule has 3 aromatic rings. The number of aromatic nitrogens is 6. The predicted molar refractivity (Wildman–Crippen MR) is 148 cm³/mol. The van der Waals surface area contributed by atoms with Crippen LogP contribution in [0.1, 0.15) is 48.6 Å². The van der Waals surface area contributed by atoms with Crippen LogP contribution in [0.3, 0.4) is 0 Å². The standard InChI is InChI=1S/C25H33N11O2S/c1-13-9-26-25(39-13)28-21(38)19-7-17(37)12-35(19)23-29-22(27-20-8-18(32-33-20)14-3-4-14)30-24(31-23)36-15-5-6-16(36)11-34(2)10-15/h8-9,14-17,19,37H,3-7,10-12H2,1-2H3,(H,26,28,38)(H2,27,29,30,31,32,33)/t15-,16+,17-,19-/m0/s1. The Labute approximate surface area is 230 Å².